The molecule has 2 aromatic heterocycles. The van der Waals surface area contributed by atoms with Gasteiger partial charge in [-0.2, -0.15) is 0 Å². The summed E-state index contributed by atoms with van der Waals surface area (Å²) < 4.78 is 11.9. The van der Waals surface area contributed by atoms with E-state index in [2.05, 4.69) is 9.97 Å². The second-order valence-corrected chi connectivity index (χ2v) is 7.74. The molecule has 0 saturated heterocycles. The van der Waals surface area contributed by atoms with Crippen molar-refractivity contribution >= 4 is 44.2 Å². The summed E-state index contributed by atoms with van der Waals surface area (Å²) in [5, 5.41) is 1.09. The van der Waals surface area contributed by atoms with Crippen LogP contribution in [0, 0.1) is 0 Å². The van der Waals surface area contributed by atoms with Gasteiger partial charge >= 0.3 is 0 Å². The average Bonchev–Trinajstić information content (AvgIpc) is 3.22. The molecule has 0 bridgehead atoms. The molecule has 0 fully saturated rings. The molecule has 0 aliphatic carbocycles. The monoisotopic (exact) mass is 439 g/mol. The second-order valence-electron chi connectivity index (χ2n) is 6.32. The van der Waals surface area contributed by atoms with E-state index in [1.807, 2.05) is 42.5 Å². The van der Waals surface area contributed by atoms with Crippen LogP contribution in [0.5, 0.6) is 11.5 Å². The third-order valence-corrected chi connectivity index (χ3v) is 5.71. The van der Waals surface area contributed by atoms with Crippen LogP contribution in [0.15, 0.2) is 66.9 Å². The van der Waals surface area contributed by atoms with Crippen molar-refractivity contribution in [2.75, 3.05) is 18.6 Å². The summed E-state index contributed by atoms with van der Waals surface area (Å²) >= 11 is 7.68. The van der Waals surface area contributed by atoms with E-state index in [1.54, 1.807) is 36.4 Å². The number of ether oxygens (including phenoxy) is 2. The lowest BCUT2D eigenvalue weighted by atomic mass is 10.3. The van der Waals surface area contributed by atoms with Crippen LogP contribution in [-0.2, 0) is 11.3 Å². The van der Waals surface area contributed by atoms with E-state index in [1.165, 1.54) is 11.3 Å². The average molecular weight is 440 g/mol. The molecule has 0 aliphatic heterocycles. The van der Waals surface area contributed by atoms with Crippen LogP contribution in [0.4, 0.5) is 5.13 Å². The summed E-state index contributed by atoms with van der Waals surface area (Å²) in [6.45, 7) is 0.100. The minimum Gasteiger partial charge on any atom is -0.493 e. The zero-order valence-corrected chi connectivity index (χ0v) is 17.7. The minimum atomic E-state index is -0.248. The van der Waals surface area contributed by atoms with E-state index in [4.69, 9.17) is 21.1 Å². The highest BCUT2D eigenvalue weighted by molar-refractivity contribution is 7.22. The molecule has 0 unspecified atom stereocenters. The Kier molecular flexibility index (Phi) is 6.11. The molecule has 0 atom stereocenters. The van der Waals surface area contributed by atoms with E-state index in [9.17, 15) is 4.79 Å². The van der Waals surface area contributed by atoms with E-state index >= 15 is 0 Å². The second kappa shape index (κ2) is 9.11. The lowest BCUT2D eigenvalue weighted by molar-refractivity contribution is -0.120. The molecule has 0 saturated carbocycles. The van der Waals surface area contributed by atoms with Gasteiger partial charge in [-0.05, 0) is 36.4 Å². The molecule has 30 heavy (non-hydrogen) atoms. The van der Waals surface area contributed by atoms with Crippen molar-refractivity contribution in [2.24, 2.45) is 0 Å². The van der Waals surface area contributed by atoms with Crippen LogP contribution in [0.3, 0.4) is 0 Å². The predicted octanol–water partition coefficient (Wildman–Crippen LogP) is 4.97. The van der Waals surface area contributed by atoms with Crippen LogP contribution >= 0.6 is 22.9 Å². The Morgan fingerprint density at radius 3 is 2.60 bits per heavy atom. The van der Waals surface area contributed by atoms with Crippen LogP contribution in [0.25, 0.3) is 10.2 Å². The summed E-state index contributed by atoms with van der Waals surface area (Å²) in [5.74, 6) is 0.813. The molecule has 4 aromatic rings. The predicted molar refractivity (Wildman–Crippen MR) is 119 cm³/mol. The third-order valence-electron chi connectivity index (χ3n) is 4.36. The van der Waals surface area contributed by atoms with E-state index in [0.717, 1.165) is 10.4 Å². The van der Waals surface area contributed by atoms with Gasteiger partial charge in [0.1, 0.15) is 5.52 Å². The maximum absolute atomic E-state index is 13.1. The SMILES string of the molecule is COc1ccccc1OCC(=O)N(Cc1ccccn1)c1nc2c(Cl)cccc2s1. The highest BCUT2D eigenvalue weighted by atomic mass is 35.5. The number of methoxy groups -OCH3 is 1. The highest BCUT2D eigenvalue weighted by Gasteiger charge is 2.22. The molecular weight excluding hydrogens is 422 g/mol. The Balaban J connectivity index is 1.62. The summed E-state index contributed by atoms with van der Waals surface area (Å²) in [5.41, 5.74) is 1.41. The smallest absolute Gasteiger partial charge is 0.267 e. The molecule has 152 valence electrons. The van der Waals surface area contributed by atoms with Crippen molar-refractivity contribution in [2.45, 2.75) is 6.54 Å². The fraction of sp³-hybridized carbons (Fsp3) is 0.136. The normalized spacial score (nSPS) is 10.7. The number of nitrogens with zero attached hydrogens (tertiary/aromatic N) is 3. The Bertz CT molecular complexity index is 1170. The molecular formula is C22H18ClN3O3S. The summed E-state index contributed by atoms with van der Waals surface area (Å²) in [4.78, 5) is 23.7. The first-order chi connectivity index (χ1) is 14.7. The molecule has 2 heterocycles. The Labute approximate surface area is 182 Å². The van der Waals surface area contributed by atoms with E-state index in [0.29, 0.717) is 27.2 Å². The number of anilines is 1. The first-order valence-electron chi connectivity index (χ1n) is 9.17. The number of carbonyl (C=O) groups excluding carboxylic acids is 1. The number of aromatic nitrogens is 2. The number of hydrogen-bond donors (Lipinski definition) is 0. The topological polar surface area (TPSA) is 64.6 Å². The van der Waals surface area contributed by atoms with Crippen LogP contribution in [-0.4, -0.2) is 29.6 Å². The quantitative estimate of drug-likeness (QED) is 0.407. The fourth-order valence-corrected chi connectivity index (χ4v) is 4.17. The van der Waals surface area contributed by atoms with Gasteiger partial charge in [0.15, 0.2) is 23.2 Å². The number of halogens is 1. The Morgan fingerprint density at radius 1 is 1.07 bits per heavy atom. The van der Waals surface area contributed by atoms with Gasteiger partial charge in [-0.25, -0.2) is 4.98 Å². The molecule has 2 aromatic carbocycles. The molecule has 6 nitrogen and oxygen atoms in total. The van der Waals surface area contributed by atoms with Crippen molar-refractivity contribution in [3.63, 3.8) is 0 Å². The Hall–Kier alpha value is -3.16. The van der Waals surface area contributed by atoms with Gasteiger partial charge in [-0.1, -0.05) is 47.2 Å². The fourth-order valence-electron chi connectivity index (χ4n) is 2.89. The summed E-state index contributed by atoms with van der Waals surface area (Å²) in [7, 11) is 1.56. The van der Waals surface area contributed by atoms with Crippen molar-refractivity contribution in [3.05, 3.63) is 77.6 Å². The standard InChI is InChI=1S/C22H18ClN3O3S/c1-28-17-9-2-3-10-18(17)29-14-20(27)26(13-15-7-4-5-12-24-15)22-25-21-16(23)8-6-11-19(21)30-22/h2-12H,13-14H2,1H3. The maximum atomic E-state index is 13.1. The minimum absolute atomic E-state index is 0.170. The van der Waals surface area contributed by atoms with Crippen LogP contribution < -0.4 is 14.4 Å². The van der Waals surface area contributed by atoms with Gasteiger partial charge < -0.3 is 9.47 Å². The number of pyridine rings is 1. The van der Waals surface area contributed by atoms with Gasteiger partial charge in [-0.15, -0.1) is 0 Å². The number of amides is 1. The number of rotatable bonds is 7. The first kappa shape index (κ1) is 20.1. The van der Waals surface area contributed by atoms with Gasteiger partial charge in [0.25, 0.3) is 5.91 Å². The lowest BCUT2D eigenvalue weighted by Gasteiger charge is -2.20. The zero-order valence-electron chi connectivity index (χ0n) is 16.1. The zero-order chi connectivity index (χ0) is 20.9. The number of thiazole rings is 1. The van der Waals surface area contributed by atoms with Crippen LogP contribution in [0.1, 0.15) is 5.69 Å². The number of para-hydroxylation sites is 3. The summed E-state index contributed by atoms with van der Waals surface area (Å²) in [6, 6.07) is 18.3. The molecule has 1 amide bonds. The maximum Gasteiger partial charge on any atom is 0.267 e. The number of fused-ring (bicyclic) bond motifs is 1. The number of carbonyl (C=O) groups is 1. The number of hydrogen-bond acceptors (Lipinski definition) is 6. The Morgan fingerprint density at radius 2 is 1.87 bits per heavy atom. The highest BCUT2D eigenvalue weighted by Crippen LogP contribution is 2.33. The van der Waals surface area contributed by atoms with Crippen molar-refractivity contribution < 1.29 is 14.3 Å². The molecule has 0 N–H and O–H groups in total. The molecule has 0 radical (unpaired) electrons. The van der Waals surface area contributed by atoms with Gasteiger partial charge in [0.2, 0.25) is 0 Å². The van der Waals surface area contributed by atoms with Crippen molar-refractivity contribution in [1.29, 1.82) is 0 Å². The lowest BCUT2D eigenvalue weighted by Crippen LogP contribution is -2.34. The van der Waals surface area contributed by atoms with E-state index < -0.39 is 0 Å². The summed E-state index contributed by atoms with van der Waals surface area (Å²) in [6.07, 6.45) is 1.69. The molecule has 0 aliphatic rings. The van der Waals surface area contributed by atoms with Crippen molar-refractivity contribution in [3.8, 4) is 11.5 Å². The largest absolute Gasteiger partial charge is 0.493 e. The van der Waals surface area contributed by atoms with E-state index in [-0.39, 0.29) is 19.1 Å². The molecule has 0 spiro atoms. The van der Waals surface area contributed by atoms with Gasteiger partial charge in [-0.3, -0.25) is 14.7 Å². The molecule has 4 rings (SSSR count). The van der Waals surface area contributed by atoms with Gasteiger partial charge in [0.05, 0.1) is 29.1 Å². The number of benzene rings is 2. The first-order valence-corrected chi connectivity index (χ1v) is 10.4. The van der Waals surface area contributed by atoms with Gasteiger partial charge in [0, 0.05) is 6.20 Å². The third kappa shape index (κ3) is 4.37. The molecule has 8 heteroatoms. The van der Waals surface area contributed by atoms with Crippen LogP contribution in [0.2, 0.25) is 5.02 Å². The van der Waals surface area contributed by atoms with Crippen molar-refractivity contribution in [1.82, 2.24) is 9.97 Å².